The number of ether oxygens (including phenoxy) is 1. The lowest BCUT2D eigenvalue weighted by molar-refractivity contribution is -0.137. The van der Waals surface area contributed by atoms with Crippen molar-refractivity contribution < 1.29 is 22.7 Å². The molecular formula is C27H28F3N5O2. The van der Waals surface area contributed by atoms with Gasteiger partial charge in [-0.1, -0.05) is 17.7 Å². The lowest BCUT2D eigenvalue weighted by Gasteiger charge is -2.34. The molecule has 7 nitrogen and oxygen atoms in total. The molecule has 3 heterocycles. The topological polar surface area (TPSA) is 61.8 Å². The molecule has 3 aromatic rings. The SMILES string of the molecule is Cc1ccc(Oc2nc(N3CCN(C)CC3)nc3c2CN(C(=O)c2ccc(C(F)(F)F)cc2)CC3)cc1. The summed E-state index contributed by atoms with van der Waals surface area (Å²) in [6, 6.07) is 11.9. The van der Waals surface area contributed by atoms with Crippen LogP contribution in [0.25, 0.3) is 0 Å². The quantitative estimate of drug-likeness (QED) is 0.513. The number of likely N-dealkylation sites (N-methyl/N-ethyl adjacent to an activating group) is 1. The van der Waals surface area contributed by atoms with Crippen LogP contribution in [0.2, 0.25) is 0 Å². The second-order valence-electron chi connectivity index (χ2n) is 9.51. The Bertz CT molecular complexity index is 1270. The number of nitrogens with zero attached hydrogens (tertiary/aromatic N) is 5. The molecule has 0 radical (unpaired) electrons. The minimum Gasteiger partial charge on any atom is -0.438 e. The number of rotatable bonds is 4. The molecule has 194 valence electrons. The van der Waals surface area contributed by atoms with Crippen LogP contribution >= 0.6 is 0 Å². The van der Waals surface area contributed by atoms with Gasteiger partial charge in [0, 0.05) is 44.7 Å². The zero-order valence-electron chi connectivity index (χ0n) is 20.8. The van der Waals surface area contributed by atoms with E-state index < -0.39 is 11.7 Å². The van der Waals surface area contributed by atoms with Crippen molar-refractivity contribution in [3.63, 3.8) is 0 Å². The molecule has 5 rings (SSSR count). The predicted octanol–water partition coefficient (Wildman–Crippen LogP) is 4.55. The van der Waals surface area contributed by atoms with Crippen LogP contribution < -0.4 is 9.64 Å². The number of amides is 1. The summed E-state index contributed by atoms with van der Waals surface area (Å²) in [5.74, 6) is 1.29. The molecule has 0 aliphatic carbocycles. The van der Waals surface area contributed by atoms with Crippen LogP contribution in [0.4, 0.5) is 19.1 Å². The number of piperazine rings is 1. The van der Waals surface area contributed by atoms with Crippen molar-refractivity contribution in [1.29, 1.82) is 0 Å². The normalized spacial score (nSPS) is 16.5. The summed E-state index contributed by atoms with van der Waals surface area (Å²) >= 11 is 0. The first-order valence-electron chi connectivity index (χ1n) is 12.2. The fourth-order valence-corrected chi connectivity index (χ4v) is 4.48. The van der Waals surface area contributed by atoms with E-state index in [1.165, 1.54) is 12.1 Å². The highest BCUT2D eigenvalue weighted by molar-refractivity contribution is 5.94. The van der Waals surface area contributed by atoms with Crippen molar-refractivity contribution in [3.8, 4) is 11.6 Å². The van der Waals surface area contributed by atoms with Gasteiger partial charge >= 0.3 is 6.18 Å². The van der Waals surface area contributed by atoms with E-state index in [0.29, 0.717) is 36.1 Å². The summed E-state index contributed by atoms with van der Waals surface area (Å²) in [6.45, 7) is 6.02. The van der Waals surface area contributed by atoms with E-state index in [1.54, 1.807) is 4.90 Å². The summed E-state index contributed by atoms with van der Waals surface area (Å²) in [5.41, 5.74) is 2.05. The van der Waals surface area contributed by atoms with Gasteiger partial charge in [-0.3, -0.25) is 4.79 Å². The van der Waals surface area contributed by atoms with Gasteiger partial charge in [0.25, 0.3) is 5.91 Å². The number of fused-ring (bicyclic) bond motifs is 1. The first kappa shape index (κ1) is 25.0. The summed E-state index contributed by atoms with van der Waals surface area (Å²) < 4.78 is 45.1. The molecule has 1 amide bonds. The van der Waals surface area contributed by atoms with E-state index in [-0.39, 0.29) is 18.0 Å². The van der Waals surface area contributed by atoms with E-state index in [4.69, 9.17) is 14.7 Å². The first-order valence-corrected chi connectivity index (χ1v) is 12.2. The van der Waals surface area contributed by atoms with E-state index >= 15 is 0 Å². The maximum atomic E-state index is 13.2. The van der Waals surface area contributed by atoms with E-state index in [2.05, 4.69) is 16.8 Å². The first-order chi connectivity index (χ1) is 17.7. The molecule has 0 unspecified atom stereocenters. The molecule has 0 N–H and O–H groups in total. The fraction of sp³-hybridized carbons (Fsp3) is 0.370. The highest BCUT2D eigenvalue weighted by Gasteiger charge is 2.32. The monoisotopic (exact) mass is 511 g/mol. The molecule has 10 heteroatoms. The van der Waals surface area contributed by atoms with Crippen LogP contribution in [-0.2, 0) is 19.1 Å². The molecule has 2 aliphatic rings. The number of benzene rings is 2. The minimum absolute atomic E-state index is 0.201. The second-order valence-corrected chi connectivity index (χ2v) is 9.51. The fourth-order valence-electron chi connectivity index (χ4n) is 4.48. The summed E-state index contributed by atoms with van der Waals surface area (Å²) in [7, 11) is 2.08. The highest BCUT2D eigenvalue weighted by atomic mass is 19.4. The van der Waals surface area contributed by atoms with Crippen LogP contribution in [0.5, 0.6) is 11.6 Å². The molecule has 2 aromatic carbocycles. The van der Waals surface area contributed by atoms with Crippen molar-refractivity contribution in [2.75, 3.05) is 44.7 Å². The molecule has 1 saturated heterocycles. The Labute approximate surface area is 213 Å². The van der Waals surface area contributed by atoms with Crippen molar-refractivity contribution in [2.45, 2.75) is 26.1 Å². The Hall–Kier alpha value is -3.66. The number of halogens is 3. The minimum atomic E-state index is -4.45. The van der Waals surface area contributed by atoms with Crippen LogP contribution in [0.1, 0.15) is 32.7 Å². The molecule has 0 spiro atoms. The Morgan fingerprint density at radius 1 is 0.919 bits per heavy atom. The molecule has 0 saturated carbocycles. The molecule has 1 aromatic heterocycles. The average Bonchev–Trinajstić information content (AvgIpc) is 2.89. The van der Waals surface area contributed by atoms with Gasteiger partial charge in [0.2, 0.25) is 11.8 Å². The van der Waals surface area contributed by atoms with Crippen molar-refractivity contribution in [1.82, 2.24) is 19.8 Å². The third kappa shape index (κ3) is 5.53. The standard InChI is InChI=1S/C27H28F3N5O2/c1-18-3-9-21(10-4-18)37-24-22-17-35(25(36)19-5-7-20(8-6-19)27(28,29)30)12-11-23(22)31-26(32-24)34-15-13-33(2)14-16-34/h3-10H,11-17H2,1-2H3. The summed E-state index contributed by atoms with van der Waals surface area (Å²) in [6.07, 6.45) is -3.96. The molecule has 37 heavy (non-hydrogen) atoms. The molecular weight excluding hydrogens is 483 g/mol. The second kappa shape index (κ2) is 10.0. The summed E-state index contributed by atoms with van der Waals surface area (Å²) in [5, 5.41) is 0. The Morgan fingerprint density at radius 3 is 2.24 bits per heavy atom. The predicted molar refractivity (Wildman–Crippen MR) is 133 cm³/mol. The third-order valence-electron chi connectivity index (χ3n) is 6.78. The zero-order valence-corrected chi connectivity index (χ0v) is 20.8. The number of hydrogen-bond donors (Lipinski definition) is 0. The van der Waals surface area contributed by atoms with E-state index in [0.717, 1.165) is 49.6 Å². The number of aromatic nitrogens is 2. The Kier molecular flexibility index (Phi) is 6.76. The van der Waals surface area contributed by atoms with Gasteiger partial charge < -0.3 is 19.4 Å². The van der Waals surface area contributed by atoms with Crippen molar-refractivity contribution >= 4 is 11.9 Å². The van der Waals surface area contributed by atoms with Gasteiger partial charge in [0.1, 0.15) is 5.75 Å². The van der Waals surface area contributed by atoms with Crippen molar-refractivity contribution in [3.05, 3.63) is 76.5 Å². The number of aryl methyl sites for hydroxylation is 1. The van der Waals surface area contributed by atoms with E-state index in [9.17, 15) is 18.0 Å². The number of carbonyl (C=O) groups is 1. The zero-order chi connectivity index (χ0) is 26.2. The van der Waals surface area contributed by atoms with Gasteiger partial charge in [-0.25, -0.2) is 4.98 Å². The average molecular weight is 512 g/mol. The number of anilines is 1. The van der Waals surface area contributed by atoms with Crippen molar-refractivity contribution in [2.24, 2.45) is 0 Å². The summed E-state index contributed by atoms with van der Waals surface area (Å²) in [4.78, 5) is 28.8. The Balaban J connectivity index is 1.43. The van der Waals surface area contributed by atoms with Crippen LogP contribution in [0.15, 0.2) is 48.5 Å². The van der Waals surface area contributed by atoms with Gasteiger partial charge in [-0.15, -0.1) is 0 Å². The smallest absolute Gasteiger partial charge is 0.416 e. The maximum absolute atomic E-state index is 13.2. The largest absolute Gasteiger partial charge is 0.438 e. The van der Waals surface area contributed by atoms with E-state index in [1.807, 2.05) is 31.2 Å². The number of alkyl halides is 3. The van der Waals surface area contributed by atoms with Gasteiger partial charge in [0.05, 0.1) is 23.4 Å². The molecule has 2 aliphatic heterocycles. The number of hydrogen-bond acceptors (Lipinski definition) is 6. The molecule has 0 bridgehead atoms. The number of carbonyl (C=O) groups excluding carboxylic acids is 1. The Morgan fingerprint density at radius 2 is 1.59 bits per heavy atom. The van der Waals surface area contributed by atoms with Crippen LogP contribution in [-0.4, -0.2) is 65.4 Å². The lowest BCUT2D eigenvalue weighted by atomic mass is 10.0. The van der Waals surface area contributed by atoms with Crippen LogP contribution in [0.3, 0.4) is 0 Å². The molecule has 0 atom stereocenters. The molecule has 1 fully saturated rings. The third-order valence-corrected chi connectivity index (χ3v) is 6.78. The lowest BCUT2D eigenvalue weighted by Crippen LogP contribution is -2.45. The van der Waals surface area contributed by atoms with Gasteiger partial charge in [-0.05, 0) is 50.4 Å². The maximum Gasteiger partial charge on any atom is 0.416 e. The highest BCUT2D eigenvalue weighted by Crippen LogP contribution is 2.33. The van der Waals surface area contributed by atoms with Gasteiger partial charge in [0.15, 0.2) is 0 Å². The van der Waals surface area contributed by atoms with Gasteiger partial charge in [-0.2, -0.15) is 18.2 Å². The van der Waals surface area contributed by atoms with Crippen LogP contribution in [0, 0.1) is 6.92 Å².